The second-order valence-electron chi connectivity index (χ2n) is 7.18. The van der Waals surface area contributed by atoms with E-state index in [1.54, 1.807) is 0 Å². The molecule has 0 saturated heterocycles. The zero-order valence-corrected chi connectivity index (χ0v) is 14.7. The largest absolute Gasteiger partial charge is 0.316 e. The highest BCUT2D eigenvalue weighted by Gasteiger charge is 2.35. The SMILES string of the molecule is CCCNCC1(CN(CC)C(C)CC)CCC(C)CC1. The Labute approximate surface area is 127 Å². The van der Waals surface area contributed by atoms with Crippen molar-refractivity contribution in [3.05, 3.63) is 0 Å². The molecule has 1 N–H and O–H groups in total. The van der Waals surface area contributed by atoms with Crippen LogP contribution in [0.25, 0.3) is 0 Å². The topological polar surface area (TPSA) is 15.3 Å². The maximum Gasteiger partial charge on any atom is 0.00644 e. The van der Waals surface area contributed by atoms with Crippen LogP contribution in [0.2, 0.25) is 0 Å². The van der Waals surface area contributed by atoms with Gasteiger partial charge in [-0.1, -0.05) is 40.5 Å². The molecule has 120 valence electrons. The minimum absolute atomic E-state index is 0.529. The van der Waals surface area contributed by atoms with Crippen LogP contribution in [0, 0.1) is 11.3 Å². The predicted molar refractivity (Wildman–Crippen MR) is 90.2 cm³/mol. The maximum absolute atomic E-state index is 3.72. The van der Waals surface area contributed by atoms with E-state index in [-0.39, 0.29) is 0 Å². The van der Waals surface area contributed by atoms with Gasteiger partial charge in [0.25, 0.3) is 0 Å². The van der Waals surface area contributed by atoms with Gasteiger partial charge in [-0.3, -0.25) is 0 Å². The molecule has 0 spiro atoms. The van der Waals surface area contributed by atoms with E-state index >= 15 is 0 Å². The molecule has 0 heterocycles. The molecule has 0 aromatic heterocycles. The average Bonchev–Trinajstić information content (AvgIpc) is 2.47. The molecule has 0 aromatic carbocycles. The Morgan fingerprint density at radius 1 is 1.20 bits per heavy atom. The summed E-state index contributed by atoms with van der Waals surface area (Å²) in [4.78, 5) is 2.71. The van der Waals surface area contributed by atoms with Crippen molar-refractivity contribution in [1.82, 2.24) is 10.2 Å². The fourth-order valence-electron chi connectivity index (χ4n) is 3.56. The van der Waals surface area contributed by atoms with Crippen molar-refractivity contribution in [2.24, 2.45) is 11.3 Å². The molecule has 1 saturated carbocycles. The van der Waals surface area contributed by atoms with E-state index in [1.807, 2.05) is 0 Å². The zero-order chi connectivity index (χ0) is 15.0. The van der Waals surface area contributed by atoms with Gasteiger partial charge in [-0.05, 0) is 57.0 Å². The van der Waals surface area contributed by atoms with Crippen LogP contribution in [-0.4, -0.2) is 37.1 Å². The second-order valence-corrected chi connectivity index (χ2v) is 7.18. The summed E-state index contributed by atoms with van der Waals surface area (Å²) in [5.74, 6) is 0.938. The molecular formula is C18H38N2. The molecule has 0 aliphatic heterocycles. The minimum Gasteiger partial charge on any atom is -0.316 e. The Kier molecular flexibility index (Phi) is 8.13. The van der Waals surface area contributed by atoms with Gasteiger partial charge in [0.2, 0.25) is 0 Å². The summed E-state index contributed by atoms with van der Waals surface area (Å²) in [7, 11) is 0. The van der Waals surface area contributed by atoms with Crippen LogP contribution < -0.4 is 5.32 Å². The molecule has 20 heavy (non-hydrogen) atoms. The fourth-order valence-corrected chi connectivity index (χ4v) is 3.56. The predicted octanol–water partition coefficient (Wildman–Crippen LogP) is 4.30. The highest BCUT2D eigenvalue weighted by atomic mass is 15.2. The van der Waals surface area contributed by atoms with Crippen LogP contribution in [-0.2, 0) is 0 Å². The first-order chi connectivity index (χ1) is 9.56. The average molecular weight is 283 g/mol. The third-order valence-corrected chi connectivity index (χ3v) is 5.42. The molecule has 2 heteroatoms. The Morgan fingerprint density at radius 3 is 2.35 bits per heavy atom. The van der Waals surface area contributed by atoms with E-state index in [0.29, 0.717) is 5.41 Å². The van der Waals surface area contributed by atoms with Crippen molar-refractivity contribution < 1.29 is 0 Å². The van der Waals surface area contributed by atoms with Crippen LogP contribution >= 0.6 is 0 Å². The summed E-state index contributed by atoms with van der Waals surface area (Å²) < 4.78 is 0. The first kappa shape index (κ1) is 18.0. The summed E-state index contributed by atoms with van der Waals surface area (Å²) in [5, 5.41) is 3.72. The van der Waals surface area contributed by atoms with Crippen LogP contribution in [0.4, 0.5) is 0 Å². The lowest BCUT2D eigenvalue weighted by molar-refractivity contribution is 0.0688. The molecule has 1 fully saturated rings. The third-order valence-electron chi connectivity index (χ3n) is 5.42. The minimum atomic E-state index is 0.529. The molecule has 1 aliphatic carbocycles. The van der Waals surface area contributed by atoms with Crippen molar-refractivity contribution in [1.29, 1.82) is 0 Å². The van der Waals surface area contributed by atoms with E-state index < -0.39 is 0 Å². The molecule has 2 nitrogen and oxygen atoms in total. The standard InChI is InChI=1S/C18H38N2/c1-6-13-19-14-18(11-9-16(4)10-12-18)15-20(8-3)17(5)7-2/h16-17,19H,6-15H2,1-5H3. The lowest BCUT2D eigenvalue weighted by Crippen LogP contribution is -2.48. The van der Waals surface area contributed by atoms with Crippen LogP contribution in [0.3, 0.4) is 0 Å². The van der Waals surface area contributed by atoms with Crippen LogP contribution in [0.5, 0.6) is 0 Å². The first-order valence-electron chi connectivity index (χ1n) is 9.01. The lowest BCUT2D eigenvalue weighted by Gasteiger charge is -2.44. The van der Waals surface area contributed by atoms with Gasteiger partial charge >= 0.3 is 0 Å². The van der Waals surface area contributed by atoms with Gasteiger partial charge in [-0.15, -0.1) is 0 Å². The van der Waals surface area contributed by atoms with Gasteiger partial charge < -0.3 is 10.2 Å². The molecule has 0 aromatic rings. The zero-order valence-electron chi connectivity index (χ0n) is 14.7. The Balaban J connectivity index is 2.65. The highest BCUT2D eigenvalue weighted by molar-refractivity contribution is 4.90. The van der Waals surface area contributed by atoms with Crippen molar-refractivity contribution in [3.63, 3.8) is 0 Å². The molecule has 0 radical (unpaired) electrons. The van der Waals surface area contributed by atoms with Crippen LogP contribution in [0.15, 0.2) is 0 Å². The van der Waals surface area contributed by atoms with Gasteiger partial charge in [0.1, 0.15) is 0 Å². The van der Waals surface area contributed by atoms with E-state index in [1.165, 1.54) is 64.7 Å². The highest BCUT2D eigenvalue weighted by Crippen LogP contribution is 2.39. The fraction of sp³-hybridized carbons (Fsp3) is 1.00. The molecule has 1 aliphatic rings. The number of hydrogen-bond acceptors (Lipinski definition) is 2. The summed E-state index contributed by atoms with van der Waals surface area (Å²) in [6, 6.07) is 0.724. The number of nitrogens with one attached hydrogen (secondary N) is 1. The summed E-state index contributed by atoms with van der Waals surface area (Å²) in [6.45, 7) is 16.6. The maximum atomic E-state index is 3.72. The van der Waals surface area contributed by atoms with Crippen molar-refractivity contribution in [2.75, 3.05) is 26.2 Å². The molecule has 0 bridgehead atoms. The van der Waals surface area contributed by atoms with Gasteiger partial charge in [0.15, 0.2) is 0 Å². The van der Waals surface area contributed by atoms with Crippen molar-refractivity contribution in [2.45, 2.75) is 79.2 Å². The van der Waals surface area contributed by atoms with Gasteiger partial charge in [0.05, 0.1) is 0 Å². The van der Waals surface area contributed by atoms with Gasteiger partial charge in [-0.25, -0.2) is 0 Å². The van der Waals surface area contributed by atoms with E-state index in [2.05, 4.69) is 44.8 Å². The Hall–Kier alpha value is -0.0800. The molecule has 1 rings (SSSR count). The monoisotopic (exact) mass is 282 g/mol. The summed E-state index contributed by atoms with van der Waals surface area (Å²) in [5.41, 5.74) is 0.529. The van der Waals surface area contributed by atoms with E-state index in [4.69, 9.17) is 0 Å². The number of hydrogen-bond donors (Lipinski definition) is 1. The van der Waals surface area contributed by atoms with Gasteiger partial charge in [0, 0.05) is 19.1 Å². The molecule has 1 atom stereocenters. The van der Waals surface area contributed by atoms with E-state index in [9.17, 15) is 0 Å². The van der Waals surface area contributed by atoms with Gasteiger partial charge in [-0.2, -0.15) is 0 Å². The van der Waals surface area contributed by atoms with Crippen molar-refractivity contribution in [3.8, 4) is 0 Å². The number of nitrogens with zero attached hydrogens (tertiary/aromatic N) is 1. The second kappa shape index (κ2) is 9.04. The molecular weight excluding hydrogens is 244 g/mol. The molecule has 0 amide bonds. The normalized spacial score (nSPS) is 28.8. The van der Waals surface area contributed by atoms with E-state index in [0.717, 1.165) is 12.0 Å². The quantitative estimate of drug-likeness (QED) is 0.634. The Bertz CT molecular complexity index is 244. The molecule has 1 unspecified atom stereocenters. The Morgan fingerprint density at radius 2 is 1.85 bits per heavy atom. The first-order valence-corrected chi connectivity index (χ1v) is 9.01. The van der Waals surface area contributed by atoms with Crippen molar-refractivity contribution >= 4 is 0 Å². The lowest BCUT2D eigenvalue weighted by atomic mass is 9.70. The third kappa shape index (κ3) is 5.37. The number of rotatable bonds is 9. The summed E-state index contributed by atoms with van der Waals surface area (Å²) >= 11 is 0. The summed E-state index contributed by atoms with van der Waals surface area (Å²) in [6.07, 6.45) is 8.19. The van der Waals surface area contributed by atoms with Crippen LogP contribution in [0.1, 0.15) is 73.1 Å². The smallest absolute Gasteiger partial charge is 0.00644 e.